The minimum absolute atomic E-state index is 0.125. The lowest BCUT2D eigenvalue weighted by Crippen LogP contribution is -2.22. The fraction of sp³-hybridized carbons (Fsp3) is 0.833. The van der Waals surface area contributed by atoms with Crippen molar-refractivity contribution >= 4 is 11.9 Å². The summed E-state index contributed by atoms with van der Waals surface area (Å²) >= 11 is 0. The Morgan fingerprint density at radius 2 is 2.00 bits per heavy atom. The highest BCUT2D eigenvalue weighted by molar-refractivity contribution is 5.75. The van der Waals surface area contributed by atoms with Crippen LogP contribution in [-0.4, -0.2) is 34.3 Å². The average Bonchev–Trinajstić information content (AvgIpc) is 3.33. The SMILES string of the molecule is O=C(C[C@@H](CCCC1CCCCC1)c1nc(N2CCCC2)no1)NO. The normalized spacial score (nSPS) is 20.0. The number of amides is 1. The van der Waals surface area contributed by atoms with Gasteiger partial charge in [-0.3, -0.25) is 10.0 Å². The first-order valence-electron chi connectivity index (χ1n) is 9.77. The molecule has 1 aliphatic heterocycles. The molecule has 7 heteroatoms. The van der Waals surface area contributed by atoms with Crippen LogP contribution in [0.15, 0.2) is 4.52 Å². The zero-order valence-corrected chi connectivity index (χ0v) is 15.0. The third-order valence-corrected chi connectivity index (χ3v) is 5.62. The Labute approximate surface area is 149 Å². The molecule has 1 saturated carbocycles. The molecular formula is C18H30N4O3. The predicted molar refractivity (Wildman–Crippen MR) is 93.5 cm³/mol. The lowest BCUT2D eigenvalue weighted by atomic mass is 9.84. The molecule has 1 aliphatic carbocycles. The highest BCUT2D eigenvalue weighted by atomic mass is 16.5. The quantitative estimate of drug-likeness (QED) is 0.551. The second kappa shape index (κ2) is 9.17. The van der Waals surface area contributed by atoms with E-state index in [4.69, 9.17) is 9.73 Å². The second-order valence-electron chi connectivity index (χ2n) is 7.50. The monoisotopic (exact) mass is 350 g/mol. The fourth-order valence-corrected chi connectivity index (χ4v) is 4.15. The molecule has 1 saturated heterocycles. The minimum atomic E-state index is -0.399. The highest BCUT2D eigenvalue weighted by Crippen LogP contribution is 2.31. The predicted octanol–water partition coefficient (Wildman–Crippen LogP) is 3.40. The molecule has 7 nitrogen and oxygen atoms in total. The number of hydroxylamine groups is 1. The van der Waals surface area contributed by atoms with Crippen LogP contribution in [0.5, 0.6) is 0 Å². The van der Waals surface area contributed by atoms with Crippen molar-refractivity contribution in [1.29, 1.82) is 0 Å². The van der Waals surface area contributed by atoms with Crippen molar-refractivity contribution in [2.45, 2.75) is 76.5 Å². The van der Waals surface area contributed by atoms with E-state index >= 15 is 0 Å². The number of hydrogen-bond donors (Lipinski definition) is 2. The van der Waals surface area contributed by atoms with E-state index in [1.807, 2.05) is 0 Å². The van der Waals surface area contributed by atoms with Gasteiger partial charge in [-0.1, -0.05) is 44.9 Å². The number of anilines is 1. The second-order valence-corrected chi connectivity index (χ2v) is 7.50. The molecular weight excluding hydrogens is 320 g/mol. The van der Waals surface area contributed by atoms with E-state index in [1.54, 1.807) is 5.48 Å². The lowest BCUT2D eigenvalue weighted by molar-refractivity contribution is -0.129. The standard InChI is InChI=1S/C18H30N4O3/c23-16(20-24)13-15(10-6-9-14-7-2-1-3-8-14)17-19-18(21-25-17)22-11-4-5-12-22/h14-15,24H,1-13H2,(H,20,23)/t15-/m1/s1. The molecule has 1 atom stereocenters. The van der Waals surface area contributed by atoms with Crippen LogP contribution < -0.4 is 10.4 Å². The third kappa shape index (κ3) is 5.17. The largest absolute Gasteiger partial charge is 0.338 e. The minimum Gasteiger partial charge on any atom is -0.338 e. The molecule has 1 aromatic rings. The Hall–Kier alpha value is -1.63. The lowest BCUT2D eigenvalue weighted by Gasteiger charge is -2.22. The van der Waals surface area contributed by atoms with Gasteiger partial charge in [0.15, 0.2) is 0 Å². The van der Waals surface area contributed by atoms with Gasteiger partial charge in [0.25, 0.3) is 5.95 Å². The molecule has 25 heavy (non-hydrogen) atoms. The van der Waals surface area contributed by atoms with Crippen LogP contribution in [0.1, 0.15) is 82.4 Å². The summed E-state index contributed by atoms with van der Waals surface area (Å²) in [7, 11) is 0. The third-order valence-electron chi connectivity index (χ3n) is 5.62. The summed E-state index contributed by atoms with van der Waals surface area (Å²) in [5.41, 5.74) is 1.73. The van der Waals surface area contributed by atoms with Crippen LogP contribution in [0, 0.1) is 5.92 Å². The number of aromatic nitrogens is 2. The van der Waals surface area contributed by atoms with E-state index < -0.39 is 5.91 Å². The highest BCUT2D eigenvalue weighted by Gasteiger charge is 2.25. The van der Waals surface area contributed by atoms with Crippen molar-refractivity contribution in [3.8, 4) is 0 Å². The van der Waals surface area contributed by atoms with Gasteiger partial charge in [0, 0.05) is 25.4 Å². The molecule has 2 N–H and O–H groups in total. The number of carbonyl (C=O) groups excluding carboxylic acids is 1. The first-order chi connectivity index (χ1) is 12.3. The van der Waals surface area contributed by atoms with E-state index in [0.29, 0.717) is 11.8 Å². The Morgan fingerprint density at radius 3 is 2.72 bits per heavy atom. The summed E-state index contributed by atoms with van der Waals surface area (Å²) < 4.78 is 5.46. The molecule has 2 fully saturated rings. The van der Waals surface area contributed by atoms with Crippen LogP contribution in [0.3, 0.4) is 0 Å². The molecule has 0 aromatic carbocycles. The van der Waals surface area contributed by atoms with Crippen LogP contribution in [-0.2, 0) is 4.79 Å². The van der Waals surface area contributed by atoms with E-state index in [-0.39, 0.29) is 12.3 Å². The van der Waals surface area contributed by atoms with Gasteiger partial charge in [0.2, 0.25) is 11.8 Å². The molecule has 2 heterocycles. The molecule has 1 amide bonds. The van der Waals surface area contributed by atoms with E-state index in [2.05, 4.69) is 15.0 Å². The molecule has 0 spiro atoms. The molecule has 2 aliphatic rings. The molecule has 0 radical (unpaired) electrons. The van der Waals surface area contributed by atoms with E-state index in [0.717, 1.165) is 44.7 Å². The maximum Gasteiger partial charge on any atom is 0.266 e. The number of hydrogen-bond acceptors (Lipinski definition) is 6. The first kappa shape index (κ1) is 18.2. The zero-order valence-electron chi connectivity index (χ0n) is 15.0. The number of nitrogens with zero attached hydrogens (tertiary/aromatic N) is 3. The van der Waals surface area contributed by atoms with Crippen LogP contribution in [0.25, 0.3) is 0 Å². The van der Waals surface area contributed by atoms with Gasteiger partial charge in [-0.25, -0.2) is 5.48 Å². The van der Waals surface area contributed by atoms with Gasteiger partial charge in [-0.05, 0) is 30.3 Å². The van der Waals surface area contributed by atoms with Crippen molar-refractivity contribution in [3.05, 3.63) is 5.89 Å². The van der Waals surface area contributed by atoms with Crippen molar-refractivity contribution in [1.82, 2.24) is 15.6 Å². The zero-order chi connectivity index (χ0) is 17.5. The maximum atomic E-state index is 11.7. The van der Waals surface area contributed by atoms with Crippen LogP contribution in [0.4, 0.5) is 5.95 Å². The number of carbonyl (C=O) groups is 1. The summed E-state index contributed by atoms with van der Waals surface area (Å²) in [4.78, 5) is 18.3. The first-order valence-corrected chi connectivity index (χ1v) is 9.77. The van der Waals surface area contributed by atoms with Crippen molar-refractivity contribution in [2.24, 2.45) is 5.92 Å². The summed E-state index contributed by atoms with van der Waals surface area (Å²) in [6, 6.07) is 0. The van der Waals surface area contributed by atoms with Gasteiger partial charge in [-0.2, -0.15) is 4.98 Å². The van der Waals surface area contributed by atoms with Gasteiger partial charge < -0.3 is 9.42 Å². The summed E-state index contributed by atoms with van der Waals surface area (Å²) in [6.07, 6.45) is 12.3. The summed E-state index contributed by atoms with van der Waals surface area (Å²) in [5, 5.41) is 13.0. The van der Waals surface area contributed by atoms with E-state index in [1.165, 1.54) is 38.5 Å². The average molecular weight is 350 g/mol. The van der Waals surface area contributed by atoms with Crippen molar-refractivity contribution in [3.63, 3.8) is 0 Å². The van der Waals surface area contributed by atoms with Gasteiger partial charge in [0.1, 0.15) is 0 Å². The Kier molecular flexibility index (Phi) is 6.67. The smallest absolute Gasteiger partial charge is 0.266 e. The molecule has 0 bridgehead atoms. The Bertz CT molecular complexity index is 536. The molecule has 140 valence electrons. The van der Waals surface area contributed by atoms with Gasteiger partial charge >= 0.3 is 0 Å². The Morgan fingerprint density at radius 1 is 1.24 bits per heavy atom. The topological polar surface area (TPSA) is 91.5 Å². The Balaban J connectivity index is 1.57. The maximum absolute atomic E-state index is 11.7. The summed E-state index contributed by atoms with van der Waals surface area (Å²) in [6.45, 7) is 1.92. The molecule has 1 aromatic heterocycles. The number of nitrogens with one attached hydrogen (secondary N) is 1. The van der Waals surface area contributed by atoms with Crippen molar-refractivity contribution < 1.29 is 14.5 Å². The fourth-order valence-electron chi connectivity index (χ4n) is 4.15. The molecule has 0 unspecified atom stereocenters. The van der Waals surface area contributed by atoms with Crippen LogP contribution >= 0.6 is 0 Å². The summed E-state index contributed by atoms with van der Waals surface area (Å²) in [5.74, 6) is 1.45. The van der Waals surface area contributed by atoms with Crippen molar-refractivity contribution in [2.75, 3.05) is 18.0 Å². The van der Waals surface area contributed by atoms with Gasteiger partial charge in [-0.15, -0.1) is 0 Å². The molecule has 3 rings (SSSR count). The number of rotatable bonds is 8. The van der Waals surface area contributed by atoms with Crippen LogP contribution in [0.2, 0.25) is 0 Å². The van der Waals surface area contributed by atoms with Gasteiger partial charge in [0.05, 0.1) is 0 Å². The van der Waals surface area contributed by atoms with E-state index in [9.17, 15) is 4.79 Å².